The number of halogens is 2. The van der Waals surface area contributed by atoms with Crippen molar-refractivity contribution in [2.75, 3.05) is 5.32 Å². The summed E-state index contributed by atoms with van der Waals surface area (Å²) in [5.41, 5.74) is 2.09. The number of rotatable bonds is 4. The highest BCUT2D eigenvalue weighted by Gasteiger charge is 2.13. The van der Waals surface area contributed by atoms with Gasteiger partial charge >= 0.3 is 0 Å². The summed E-state index contributed by atoms with van der Waals surface area (Å²) in [5.74, 6) is -0.439. The van der Waals surface area contributed by atoms with Gasteiger partial charge in [-0.2, -0.15) is 10.2 Å². The van der Waals surface area contributed by atoms with E-state index in [0.717, 1.165) is 5.69 Å². The molecule has 0 saturated heterocycles. The number of amides is 1. The summed E-state index contributed by atoms with van der Waals surface area (Å²) in [6.07, 6.45) is 0. The number of anilines is 1. The van der Waals surface area contributed by atoms with E-state index < -0.39 is 5.91 Å². The number of carbonyl (C=O) groups excluding carboxylic acids is 1. The standard InChI is InChI=1S/C18H12Cl2N4O/c19-15-10-11-16(20)22-17(15)18(25)21-12-6-8-14(9-7-12)24-23-13-4-2-1-3-5-13/h1-11H,(H,21,25). The van der Waals surface area contributed by atoms with Gasteiger partial charge in [0.2, 0.25) is 0 Å². The lowest BCUT2D eigenvalue weighted by molar-refractivity contribution is 0.102. The van der Waals surface area contributed by atoms with Crippen molar-refractivity contribution < 1.29 is 4.79 Å². The molecule has 25 heavy (non-hydrogen) atoms. The summed E-state index contributed by atoms with van der Waals surface area (Å²) in [6.45, 7) is 0. The van der Waals surface area contributed by atoms with Crippen molar-refractivity contribution in [3.63, 3.8) is 0 Å². The van der Waals surface area contributed by atoms with Crippen LogP contribution >= 0.6 is 23.2 Å². The molecule has 3 aromatic rings. The van der Waals surface area contributed by atoms with E-state index in [-0.39, 0.29) is 15.9 Å². The Bertz CT molecular complexity index is 912. The molecule has 2 aromatic carbocycles. The lowest BCUT2D eigenvalue weighted by Gasteiger charge is -2.06. The number of hydrogen-bond acceptors (Lipinski definition) is 4. The lowest BCUT2D eigenvalue weighted by atomic mass is 10.2. The van der Waals surface area contributed by atoms with E-state index in [2.05, 4.69) is 20.5 Å². The average molecular weight is 371 g/mol. The van der Waals surface area contributed by atoms with Crippen molar-refractivity contribution in [2.45, 2.75) is 0 Å². The van der Waals surface area contributed by atoms with Gasteiger partial charge in [0.05, 0.1) is 16.4 Å². The number of pyridine rings is 1. The molecular weight excluding hydrogens is 359 g/mol. The molecule has 124 valence electrons. The fraction of sp³-hybridized carbons (Fsp3) is 0. The average Bonchev–Trinajstić information content (AvgIpc) is 2.64. The Morgan fingerprint density at radius 3 is 2.16 bits per heavy atom. The minimum atomic E-state index is -0.439. The smallest absolute Gasteiger partial charge is 0.275 e. The van der Waals surface area contributed by atoms with Crippen LogP contribution in [0.1, 0.15) is 10.5 Å². The van der Waals surface area contributed by atoms with E-state index >= 15 is 0 Å². The molecule has 0 radical (unpaired) electrons. The SMILES string of the molecule is O=C(Nc1ccc(N=Nc2ccccc2)cc1)c1nc(Cl)ccc1Cl. The number of azo groups is 1. The number of benzene rings is 2. The van der Waals surface area contributed by atoms with Crippen LogP contribution in [0, 0.1) is 0 Å². The van der Waals surface area contributed by atoms with E-state index in [1.165, 1.54) is 12.1 Å². The molecule has 0 spiro atoms. The predicted octanol–water partition coefficient (Wildman–Crippen LogP) is 6.06. The van der Waals surface area contributed by atoms with Crippen molar-refractivity contribution in [3.05, 3.63) is 82.6 Å². The topological polar surface area (TPSA) is 66.7 Å². The Kier molecular flexibility index (Phi) is 5.38. The Labute approximate surface area is 154 Å². The maximum absolute atomic E-state index is 12.2. The maximum atomic E-state index is 12.2. The first-order valence-electron chi connectivity index (χ1n) is 7.32. The van der Waals surface area contributed by atoms with Crippen molar-refractivity contribution >= 4 is 46.2 Å². The molecule has 1 amide bonds. The first-order chi connectivity index (χ1) is 12.1. The van der Waals surface area contributed by atoms with Gasteiger partial charge in [0.1, 0.15) is 10.8 Å². The predicted molar refractivity (Wildman–Crippen MR) is 99.3 cm³/mol. The Hall–Kier alpha value is -2.76. The highest BCUT2D eigenvalue weighted by Crippen LogP contribution is 2.22. The van der Waals surface area contributed by atoms with Gasteiger partial charge in [0.15, 0.2) is 0 Å². The molecule has 1 heterocycles. The van der Waals surface area contributed by atoms with E-state index in [4.69, 9.17) is 23.2 Å². The molecule has 0 aliphatic heterocycles. The number of nitrogens with one attached hydrogen (secondary N) is 1. The van der Waals surface area contributed by atoms with Crippen LogP contribution in [0.4, 0.5) is 17.1 Å². The quantitative estimate of drug-likeness (QED) is 0.448. The summed E-state index contributed by atoms with van der Waals surface area (Å²) >= 11 is 11.8. The summed E-state index contributed by atoms with van der Waals surface area (Å²) < 4.78 is 0. The van der Waals surface area contributed by atoms with E-state index in [1.807, 2.05) is 30.3 Å². The monoisotopic (exact) mass is 370 g/mol. The third-order valence-corrected chi connectivity index (χ3v) is 3.70. The third-order valence-electron chi connectivity index (χ3n) is 3.19. The molecule has 0 atom stereocenters. The number of carbonyl (C=O) groups is 1. The molecular formula is C18H12Cl2N4O. The fourth-order valence-corrected chi connectivity index (χ4v) is 2.33. The largest absolute Gasteiger partial charge is 0.321 e. The number of hydrogen-bond donors (Lipinski definition) is 1. The van der Waals surface area contributed by atoms with Gasteiger partial charge in [-0.25, -0.2) is 4.98 Å². The van der Waals surface area contributed by atoms with Gasteiger partial charge in [-0.05, 0) is 48.5 Å². The summed E-state index contributed by atoms with van der Waals surface area (Å²) in [5, 5.41) is 11.4. The summed E-state index contributed by atoms with van der Waals surface area (Å²) in [7, 11) is 0. The van der Waals surface area contributed by atoms with Crippen molar-refractivity contribution in [3.8, 4) is 0 Å². The molecule has 0 aliphatic carbocycles. The molecule has 1 aromatic heterocycles. The van der Waals surface area contributed by atoms with E-state index in [1.54, 1.807) is 24.3 Å². The fourth-order valence-electron chi connectivity index (χ4n) is 1.99. The first kappa shape index (κ1) is 17.1. The van der Waals surface area contributed by atoms with E-state index in [0.29, 0.717) is 11.4 Å². The van der Waals surface area contributed by atoms with Crippen molar-refractivity contribution in [1.82, 2.24) is 4.98 Å². The van der Waals surface area contributed by atoms with Crippen LogP contribution < -0.4 is 5.32 Å². The zero-order valence-corrected chi connectivity index (χ0v) is 14.4. The molecule has 5 nitrogen and oxygen atoms in total. The number of nitrogens with zero attached hydrogens (tertiary/aromatic N) is 3. The summed E-state index contributed by atoms with van der Waals surface area (Å²) in [4.78, 5) is 16.2. The zero-order valence-electron chi connectivity index (χ0n) is 12.9. The Balaban J connectivity index is 1.69. The molecule has 0 saturated carbocycles. The molecule has 7 heteroatoms. The highest BCUT2D eigenvalue weighted by molar-refractivity contribution is 6.35. The second-order valence-corrected chi connectivity index (χ2v) is 5.80. The van der Waals surface area contributed by atoms with Crippen molar-refractivity contribution in [2.24, 2.45) is 10.2 Å². The zero-order chi connectivity index (χ0) is 17.6. The minimum Gasteiger partial charge on any atom is -0.321 e. The minimum absolute atomic E-state index is 0.0713. The van der Waals surface area contributed by atoms with Gasteiger partial charge in [-0.3, -0.25) is 4.79 Å². The molecule has 0 bridgehead atoms. The lowest BCUT2D eigenvalue weighted by Crippen LogP contribution is -2.14. The first-order valence-corrected chi connectivity index (χ1v) is 8.08. The molecule has 3 rings (SSSR count). The maximum Gasteiger partial charge on any atom is 0.275 e. The molecule has 0 aliphatic rings. The van der Waals surface area contributed by atoms with Crippen LogP contribution in [0.15, 0.2) is 77.0 Å². The van der Waals surface area contributed by atoms with Gasteiger partial charge in [0, 0.05) is 5.69 Å². The van der Waals surface area contributed by atoms with Crippen LogP contribution in [0.25, 0.3) is 0 Å². The summed E-state index contributed by atoms with van der Waals surface area (Å²) in [6, 6.07) is 19.4. The Morgan fingerprint density at radius 1 is 0.840 bits per heavy atom. The van der Waals surface area contributed by atoms with Gasteiger partial charge < -0.3 is 5.32 Å². The third kappa shape index (κ3) is 4.62. The van der Waals surface area contributed by atoms with Crippen molar-refractivity contribution in [1.29, 1.82) is 0 Å². The van der Waals surface area contributed by atoms with Crippen LogP contribution in [0.5, 0.6) is 0 Å². The Morgan fingerprint density at radius 2 is 1.48 bits per heavy atom. The van der Waals surface area contributed by atoms with Crippen LogP contribution in [-0.4, -0.2) is 10.9 Å². The van der Waals surface area contributed by atoms with Gasteiger partial charge in [-0.15, -0.1) is 0 Å². The number of aromatic nitrogens is 1. The molecule has 1 N–H and O–H groups in total. The second-order valence-electron chi connectivity index (χ2n) is 5.00. The van der Waals surface area contributed by atoms with Crippen LogP contribution in [-0.2, 0) is 0 Å². The van der Waals surface area contributed by atoms with Crippen LogP contribution in [0.2, 0.25) is 10.2 Å². The van der Waals surface area contributed by atoms with Gasteiger partial charge in [0.25, 0.3) is 5.91 Å². The second kappa shape index (κ2) is 7.88. The van der Waals surface area contributed by atoms with Gasteiger partial charge in [-0.1, -0.05) is 41.4 Å². The van der Waals surface area contributed by atoms with E-state index in [9.17, 15) is 4.79 Å². The normalized spacial score (nSPS) is 10.8. The molecule has 0 fully saturated rings. The highest BCUT2D eigenvalue weighted by atomic mass is 35.5. The van der Waals surface area contributed by atoms with Crippen LogP contribution in [0.3, 0.4) is 0 Å². The molecule has 0 unspecified atom stereocenters.